The molecule has 1 aliphatic rings. The number of hydrogen-bond acceptors (Lipinski definition) is 3. The van der Waals surface area contributed by atoms with Crippen LogP contribution in [0.4, 0.5) is 0 Å². The fraction of sp³-hybridized carbons (Fsp3) is 0.778. The van der Waals surface area contributed by atoms with Crippen LogP contribution in [0.25, 0.3) is 0 Å². The molecule has 14 heavy (non-hydrogen) atoms. The number of carbonyl (C=O) groups excluding carboxylic acids is 2. The van der Waals surface area contributed by atoms with Crippen molar-refractivity contribution in [1.82, 2.24) is 10.2 Å². The van der Waals surface area contributed by atoms with Gasteiger partial charge in [0.2, 0.25) is 0 Å². The van der Waals surface area contributed by atoms with Crippen molar-refractivity contribution in [2.24, 2.45) is 5.92 Å². The van der Waals surface area contributed by atoms with Gasteiger partial charge in [0.25, 0.3) is 0 Å². The Kier molecular flexibility index (Phi) is 3.46. The third-order valence-electron chi connectivity index (χ3n) is 2.17. The molecule has 0 aromatic carbocycles. The summed E-state index contributed by atoms with van der Waals surface area (Å²) < 4.78 is 0. The molecule has 0 unspecified atom stereocenters. The first-order valence-electron chi connectivity index (χ1n) is 4.76. The molecule has 0 bridgehead atoms. The fourth-order valence-electron chi connectivity index (χ4n) is 1.48. The van der Waals surface area contributed by atoms with E-state index in [0.717, 1.165) is 0 Å². The van der Waals surface area contributed by atoms with Gasteiger partial charge in [-0.3, -0.25) is 9.59 Å². The van der Waals surface area contributed by atoms with Crippen LogP contribution in [-0.2, 0) is 9.59 Å². The molecule has 0 radical (unpaired) electrons. The third-order valence-corrected chi connectivity index (χ3v) is 2.17. The first-order chi connectivity index (χ1) is 6.56. The zero-order chi connectivity index (χ0) is 10.7. The van der Waals surface area contributed by atoms with Crippen molar-refractivity contribution in [2.45, 2.75) is 19.9 Å². The number of nitrogens with zero attached hydrogens (tertiary/aromatic N) is 1. The van der Waals surface area contributed by atoms with Gasteiger partial charge in [-0.15, -0.1) is 0 Å². The van der Waals surface area contributed by atoms with Crippen LogP contribution in [0.15, 0.2) is 0 Å². The highest BCUT2D eigenvalue weighted by atomic mass is 16.3. The van der Waals surface area contributed by atoms with E-state index < -0.39 is 11.8 Å². The van der Waals surface area contributed by atoms with Gasteiger partial charge in [0.1, 0.15) is 0 Å². The molecule has 80 valence electrons. The summed E-state index contributed by atoms with van der Waals surface area (Å²) in [7, 11) is 0. The Morgan fingerprint density at radius 1 is 1.57 bits per heavy atom. The summed E-state index contributed by atoms with van der Waals surface area (Å²) in [6, 6.07) is -0.275. The maximum Gasteiger partial charge on any atom is 0.312 e. The topological polar surface area (TPSA) is 69.6 Å². The highest BCUT2D eigenvalue weighted by Gasteiger charge is 2.33. The predicted octanol–water partition coefficient (Wildman–Crippen LogP) is -1.04. The lowest BCUT2D eigenvalue weighted by Gasteiger charge is -2.35. The van der Waals surface area contributed by atoms with E-state index >= 15 is 0 Å². The Bertz CT molecular complexity index is 240. The largest absolute Gasteiger partial charge is 0.394 e. The quantitative estimate of drug-likeness (QED) is 0.572. The lowest BCUT2D eigenvalue weighted by molar-refractivity contribution is -0.151. The van der Waals surface area contributed by atoms with Crippen LogP contribution in [0.1, 0.15) is 13.8 Å². The summed E-state index contributed by atoms with van der Waals surface area (Å²) in [5.74, 6) is -0.821. The first kappa shape index (κ1) is 11.0. The lowest BCUT2D eigenvalue weighted by Crippen LogP contribution is -2.59. The van der Waals surface area contributed by atoms with Gasteiger partial charge in [-0.1, -0.05) is 13.8 Å². The van der Waals surface area contributed by atoms with Crippen molar-refractivity contribution >= 4 is 11.8 Å². The molecule has 0 saturated carbocycles. The van der Waals surface area contributed by atoms with Crippen LogP contribution < -0.4 is 5.32 Å². The number of amides is 2. The van der Waals surface area contributed by atoms with Gasteiger partial charge in [0, 0.05) is 13.1 Å². The molecule has 5 nitrogen and oxygen atoms in total. The molecule has 1 saturated heterocycles. The van der Waals surface area contributed by atoms with E-state index in [1.54, 1.807) is 0 Å². The fourth-order valence-corrected chi connectivity index (χ4v) is 1.48. The molecule has 1 fully saturated rings. The van der Waals surface area contributed by atoms with E-state index in [4.69, 9.17) is 5.11 Å². The summed E-state index contributed by atoms with van der Waals surface area (Å²) in [6.45, 7) is 4.67. The molecular weight excluding hydrogens is 184 g/mol. The number of aliphatic hydroxyl groups is 1. The molecule has 1 atom stereocenters. The molecule has 1 rings (SSSR count). The van der Waals surface area contributed by atoms with E-state index in [1.807, 2.05) is 13.8 Å². The number of piperazine rings is 1. The van der Waals surface area contributed by atoms with Crippen molar-refractivity contribution in [3.8, 4) is 0 Å². The molecule has 5 heteroatoms. The summed E-state index contributed by atoms with van der Waals surface area (Å²) in [6.07, 6.45) is 0. The van der Waals surface area contributed by atoms with Crippen LogP contribution in [0, 0.1) is 5.92 Å². The smallest absolute Gasteiger partial charge is 0.312 e. The number of rotatable bonds is 3. The summed E-state index contributed by atoms with van der Waals surface area (Å²) in [5, 5.41) is 11.5. The lowest BCUT2D eigenvalue weighted by atomic mass is 10.1. The van der Waals surface area contributed by atoms with Gasteiger partial charge in [0.15, 0.2) is 0 Å². The summed E-state index contributed by atoms with van der Waals surface area (Å²) >= 11 is 0. The number of nitrogens with one attached hydrogen (secondary N) is 1. The van der Waals surface area contributed by atoms with E-state index in [-0.39, 0.29) is 12.6 Å². The molecule has 0 aromatic heterocycles. The predicted molar refractivity (Wildman–Crippen MR) is 50.4 cm³/mol. The second kappa shape index (κ2) is 4.41. The van der Waals surface area contributed by atoms with Crippen LogP contribution in [0.5, 0.6) is 0 Å². The van der Waals surface area contributed by atoms with E-state index in [0.29, 0.717) is 19.0 Å². The van der Waals surface area contributed by atoms with Gasteiger partial charge >= 0.3 is 11.8 Å². The number of carbonyl (C=O) groups is 2. The third kappa shape index (κ3) is 2.23. The molecule has 2 amide bonds. The Morgan fingerprint density at radius 3 is 2.71 bits per heavy atom. The van der Waals surface area contributed by atoms with Gasteiger partial charge in [-0.2, -0.15) is 0 Å². The highest BCUT2D eigenvalue weighted by molar-refractivity contribution is 6.35. The van der Waals surface area contributed by atoms with Gasteiger partial charge in [0.05, 0.1) is 12.6 Å². The Balaban J connectivity index is 2.71. The number of hydrogen-bond donors (Lipinski definition) is 2. The van der Waals surface area contributed by atoms with Crippen molar-refractivity contribution < 1.29 is 14.7 Å². The first-order valence-corrected chi connectivity index (χ1v) is 4.76. The minimum Gasteiger partial charge on any atom is -0.394 e. The maximum absolute atomic E-state index is 11.4. The van der Waals surface area contributed by atoms with Crippen LogP contribution >= 0.6 is 0 Å². The zero-order valence-electron chi connectivity index (χ0n) is 8.49. The molecule has 1 heterocycles. The molecule has 0 aromatic rings. The van der Waals surface area contributed by atoms with E-state index in [2.05, 4.69) is 5.32 Å². The minimum atomic E-state index is -0.574. The van der Waals surface area contributed by atoms with Crippen LogP contribution in [0.3, 0.4) is 0 Å². The van der Waals surface area contributed by atoms with Crippen LogP contribution in [-0.4, -0.2) is 47.6 Å². The average molecular weight is 200 g/mol. The molecule has 0 aliphatic carbocycles. The van der Waals surface area contributed by atoms with Crippen molar-refractivity contribution in [1.29, 1.82) is 0 Å². The monoisotopic (exact) mass is 200 g/mol. The normalized spacial score (nSPS) is 22.9. The molecule has 0 spiro atoms. The summed E-state index contributed by atoms with van der Waals surface area (Å²) in [4.78, 5) is 23.9. The molecular formula is C9H16N2O3. The Labute approximate surface area is 83.1 Å². The standard InChI is InChI=1S/C9H16N2O3/c1-6(2)4-11-7(5-12)3-10-8(13)9(11)14/h6-7,12H,3-5H2,1-2H3,(H,10,13)/t7-/m1/s1. The second-order valence-corrected chi connectivity index (χ2v) is 3.90. The summed E-state index contributed by atoms with van der Waals surface area (Å²) in [5.41, 5.74) is 0. The second-order valence-electron chi connectivity index (χ2n) is 3.90. The van der Waals surface area contributed by atoms with Gasteiger partial charge < -0.3 is 15.3 Å². The Hall–Kier alpha value is -1.10. The van der Waals surface area contributed by atoms with Crippen molar-refractivity contribution in [3.63, 3.8) is 0 Å². The average Bonchev–Trinajstić information content (AvgIpc) is 2.13. The highest BCUT2D eigenvalue weighted by Crippen LogP contribution is 2.08. The van der Waals surface area contributed by atoms with Crippen LogP contribution in [0.2, 0.25) is 0 Å². The zero-order valence-corrected chi connectivity index (χ0v) is 8.49. The van der Waals surface area contributed by atoms with E-state index in [1.165, 1.54) is 4.90 Å². The minimum absolute atomic E-state index is 0.112. The molecule has 2 N–H and O–H groups in total. The molecule has 1 aliphatic heterocycles. The van der Waals surface area contributed by atoms with Crippen molar-refractivity contribution in [2.75, 3.05) is 19.7 Å². The SMILES string of the molecule is CC(C)CN1C(=O)C(=O)NC[C@@H]1CO. The van der Waals surface area contributed by atoms with Gasteiger partial charge in [-0.05, 0) is 5.92 Å². The van der Waals surface area contributed by atoms with Crippen molar-refractivity contribution in [3.05, 3.63) is 0 Å². The number of aliphatic hydroxyl groups excluding tert-OH is 1. The van der Waals surface area contributed by atoms with E-state index in [9.17, 15) is 9.59 Å². The van der Waals surface area contributed by atoms with Gasteiger partial charge in [-0.25, -0.2) is 0 Å². The maximum atomic E-state index is 11.4. The Morgan fingerprint density at radius 2 is 2.21 bits per heavy atom.